The highest BCUT2D eigenvalue weighted by Gasteiger charge is 2.20. The van der Waals surface area contributed by atoms with Crippen molar-refractivity contribution in [1.29, 1.82) is 0 Å². The van der Waals surface area contributed by atoms with Crippen molar-refractivity contribution in [2.45, 2.75) is 19.8 Å². The van der Waals surface area contributed by atoms with Gasteiger partial charge < -0.3 is 4.42 Å². The first-order chi connectivity index (χ1) is 29.5. The van der Waals surface area contributed by atoms with Gasteiger partial charge in [-0.05, 0) is 59.0 Å². The van der Waals surface area contributed by atoms with E-state index in [9.17, 15) is 0 Å². The van der Waals surface area contributed by atoms with Crippen molar-refractivity contribution < 1.29 is 4.42 Å². The third-order valence-electron chi connectivity index (χ3n) is 11.6. The lowest BCUT2D eigenvalue weighted by molar-refractivity contribution is 0.669. The molecule has 0 saturated heterocycles. The number of fused-ring (bicyclic) bond motifs is 8. The Hall–Kier alpha value is -7.48. The van der Waals surface area contributed by atoms with Gasteiger partial charge in [0, 0.05) is 58.9 Å². The lowest BCUT2D eigenvalue weighted by Crippen LogP contribution is -2.04. The van der Waals surface area contributed by atoms with Crippen LogP contribution in [0.5, 0.6) is 0 Å². The van der Waals surface area contributed by atoms with Gasteiger partial charge in [-0.3, -0.25) is 4.57 Å². The molecule has 4 heterocycles. The van der Waals surface area contributed by atoms with Crippen LogP contribution in [0.4, 0.5) is 0 Å². The molecule has 0 unspecified atom stereocenters. The van der Waals surface area contributed by atoms with Gasteiger partial charge in [-0.25, -0.2) is 19.9 Å². The number of hydrogen-bond donors (Lipinski definition) is 0. The average Bonchev–Trinajstić information content (AvgIpc) is 3.99. The maximum atomic E-state index is 6.24. The number of nitrogens with zero attached hydrogens (tertiary/aromatic N) is 5. The molecule has 0 fully saturated rings. The number of imidazole rings is 1. The Labute approximate surface area is 349 Å². The quantitative estimate of drug-likeness (QED) is 0.168. The lowest BCUT2D eigenvalue weighted by atomic mass is 9.96. The number of furan rings is 1. The van der Waals surface area contributed by atoms with Crippen LogP contribution in [0.15, 0.2) is 174 Å². The number of aromatic nitrogens is 5. The molecule has 0 spiro atoms. The molecule has 0 N–H and O–H groups in total. The van der Waals surface area contributed by atoms with E-state index in [1.54, 1.807) is 0 Å². The predicted octanol–water partition coefficient (Wildman–Crippen LogP) is 14.4. The molecule has 8 aromatic carbocycles. The van der Waals surface area contributed by atoms with Crippen LogP contribution in [0.3, 0.4) is 0 Å². The van der Waals surface area contributed by atoms with Gasteiger partial charge in [0.1, 0.15) is 17.0 Å². The molecule has 0 aliphatic rings. The highest BCUT2D eigenvalue weighted by atomic mass is 32.1. The molecule has 6 nitrogen and oxygen atoms in total. The molecule has 0 bridgehead atoms. The zero-order chi connectivity index (χ0) is 39.9. The number of rotatable bonds is 6. The number of para-hydroxylation sites is 1. The highest BCUT2D eigenvalue weighted by molar-refractivity contribution is 7.25. The van der Waals surface area contributed by atoms with Gasteiger partial charge in [-0.2, -0.15) is 0 Å². The van der Waals surface area contributed by atoms with E-state index in [0.717, 1.165) is 72.3 Å². The molecule has 0 saturated carbocycles. The van der Waals surface area contributed by atoms with Crippen LogP contribution in [-0.2, 0) is 0 Å². The van der Waals surface area contributed by atoms with Gasteiger partial charge >= 0.3 is 0 Å². The van der Waals surface area contributed by atoms with Crippen LogP contribution in [0, 0.1) is 0 Å². The fourth-order valence-corrected chi connectivity index (χ4v) is 9.83. The van der Waals surface area contributed by atoms with Crippen LogP contribution >= 0.6 is 11.3 Å². The summed E-state index contributed by atoms with van der Waals surface area (Å²) in [6.07, 6.45) is 0. The van der Waals surface area contributed by atoms with E-state index in [1.807, 2.05) is 65.9 Å². The van der Waals surface area contributed by atoms with Gasteiger partial charge in [-0.1, -0.05) is 141 Å². The van der Waals surface area contributed by atoms with Crippen LogP contribution < -0.4 is 0 Å². The van der Waals surface area contributed by atoms with E-state index < -0.39 is 0 Å². The van der Waals surface area contributed by atoms with Crippen LogP contribution in [-0.4, -0.2) is 24.5 Å². The molecule has 284 valence electrons. The van der Waals surface area contributed by atoms with Gasteiger partial charge in [0.15, 0.2) is 17.5 Å². The molecule has 0 atom stereocenters. The van der Waals surface area contributed by atoms with Crippen molar-refractivity contribution in [3.63, 3.8) is 0 Å². The van der Waals surface area contributed by atoms with Crippen molar-refractivity contribution in [2.24, 2.45) is 0 Å². The van der Waals surface area contributed by atoms with Gasteiger partial charge in [0.2, 0.25) is 0 Å². The summed E-state index contributed by atoms with van der Waals surface area (Å²) < 4.78 is 11.2. The Morgan fingerprint density at radius 1 is 0.450 bits per heavy atom. The maximum Gasteiger partial charge on any atom is 0.164 e. The highest BCUT2D eigenvalue weighted by Crippen LogP contribution is 2.40. The first-order valence-electron chi connectivity index (χ1n) is 20.2. The molecule has 0 aliphatic heterocycles. The minimum Gasteiger partial charge on any atom is -0.456 e. The van der Waals surface area contributed by atoms with Crippen molar-refractivity contribution in [1.82, 2.24) is 24.5 Å². The second-order valence-electron chi connectivity index (χ2n) is 15.6. The molecule has 4 aromatic heterocycles. The molecular weight excluding hydrogens is 755 g/mol. The van der Waals surface area contributed by atoms with Gasteiger partial charge in [-0.15, -0.1) is 11.3 Å². The molecule has 12 aromatic rings. The molecule has 12 rings (SSSR count). The summed E-state index contributed by atoms with van der Waals surface area (Å²) in [6, 6.07) is 59.5. The Morgan fingerprint density at radius 3 is 1.90 bits per heavy atom. The van der Waals surface area contributed by atoms with E-state index in [2.05, 4.69) is 134 Å². The Bertz CT molecular complexity index is 3640. The average molecular weight is 790 g/mol. The van der Waals surface area contributed by atoms with Crippen molar-refractivity contribution in [2.75, 3.05) is 0 Å². The summed E-state index contributed by atoms with van der Waals surface area (Å²) in [5.41, 5.74) is 9.90. The minimum absolute atomic E-state index is 0.227. The third-order valence-corrected chi connectivity index (χ3v) is 12.7. The second-order valence-corrected chi connectivity index (χ2v) is 16.7. The maximum absolute atomic E-state index is 6.24. The monoisotopic (exact) mass is 789 g/mol. The first-order valence-corrected chi connectivity index (χ1v) is 21.1. The number of benzene rings is 8. The van der Waals surface area contributed by atoms with Crippen LogP contribution in [0.2, 0.25) is 0 Å². The zero-order valence-corrected chi connectivity index (χ0v) is 33.6. The van der Waals surface area contributed by atoms with Crippen LogP contribution in [0.1, 0.15) is 25.6 Å². The largest absolute Gasteiger partial charge is 0.456 e. The standard InChI is InChI=1S/C53H35N5OS/c1-31(2)53-54-43-30-49-42(41-15-7-9-21-48(41)60-49)29-45(43)58(53)44-19-11-17-37-36(16-10-18-38(37)44)32-22-24-34(25-23-32)51-55-50(33-12-4-3-5-13-33)56-52(57-51)35-26-27-40-39-14-6-8-20-46(39)59-47(40)28-35/h3-31H,1-2H3. The van der Waals surface area contributed by atoms with Crippen LogP contribution in [0.25, 0.3) is 115 Å². The normalized spacial score (nSPS) is 12.0. The summed E-state index contributed by atoms with van der Waals surface area (Å²) >= 11 is 1.83. The fraction of sp³-hybridized carbons (Fsp3) is 0.0566. The van der Waals surface area contributed by atoms with Gasteiger partial charge in [0.25, 0.3) is 0 Å². The van der Waals surface area contributed by atoms with Crippen molar-refractivity contribution in [3.8, 4) is 51.0 Å². The summed E-state index contributed by atoms with van der Waals surface area (Å²) in [5.74, 6) is 3.10. The van der Waals surface area contributed by atoms with E-state index in [-0.39, 0.29) is 5.92 Å². The molecule has 0 aliphatic carbocycles. The third kappa shape index (κ3) is 5.54. The molecular formula is C53H35N5OS. The topological polar surface area (TPSA) is 69.6 Å². The Balaban J connectivity index is 0.962. The Kier molecular flexibility index (Phi) is 7.80. The summed E-state index contributed by atoms with van der Waals surface area (Å²) in [6.45, 7) is 4.45. The van der Waals surface area contributed by atoms with Crippen molar-refractivity contribution >= 4 is 75.3 Å². The fourth-order valence-electron chi connectivity index (χ4n) is 8.71. The minimum atomic E-state index is 0.227. The zero-order valence-electron chi connectivity index (χ0n) is 32.8. The van der Waals surface area contributed by atoms with Gasteiger partial charge in [0.05, 0.1) is 16.7 Å². The molecule has 7 heteroatoms. The molecule has 60 heavy (non-hydrogen) atoms. The number of hydrogen-bond acceptors (Lipinski definition) is 6. The first kappa shape index (κ1) is 34.6. The Morgan fingerprint density at radius 2 is 1.08 bits per heavy atom. The SMILES string of the molecule is CC(C)c1nc2cc3sc4ccccc4c3cc2n1-c1cccc2c(-c3ccc(-c4nc(-c5ccccc5)nc(-c5ccc6c(c5)oc5ccccc56)n4)cc3)cccc12. The predicted molar refractivity (Wildman–Crippen MR) is 248 cm³/mol. The second kappa shape index (κ2) is 13.5. The van der Waals surface area contributed by atoms with E-state index in [1.165, 1.54) is 30.9 Å². The van der Waals surface area contributed by atoms with E-state index >= 15 is 0 Å². The number of thiophene rings is 1. The molecule has 0 radical (unpaired) electrons. The smallest absolute Gasteiger partial charge is 0.164 e. The molecule has 0 amide bonds. The van der Waals surface area contributed by atoms with Crippen molar-refractivity contribution in [3.05, 3.63) is 176 Å². The summed E-state index contributed by atoms with van der Waals surface area (Å²) in [7, 11) is 0. The van der Waals surface area contributed by atoms with E-state index in [0.29, 0.717) is 17.5 Å². The summed E-state index contributed by atoms with van der Waals surface area (Å²) in [5, 5.41) is 7.06. The lowest BCUT2D eigenvalue weighted by Gasteiger charge is -2.16. The summed E-state index contributed by atoms with van der Waals surface area (Å²) in [4.78, 5) is 20.3. The van der Waals surface area contributed by atoms with E-state index in [4.69, 9.17) is 24.4 Å².